The highest BCUT2D eigenvalue weighted by Gasteiger charge is 2.47. The van der Waals surface area contributed by atoms with Gasteiger partial charge in [0.2, 0.25) is 29.5 Å². The Bertz CT molecular complexity index is 1760. The molecule has 2 aromatic rings. The first-order chi connectivity index (χ1) is 26.4. The molecule has 4 saturated heterocycles. The summed E-state index contributed by atoms with van der Waals surface area (Å²) in [5.41, 5.74) is 1.25. The summed E-state index contributed by atoms with van der Waals surface area (Å²) in [7, 11) is 0. The third-order valence-electron chi connectivity index (χ3n) is 10.9. The van der Waals surface area contributed by atoms with Crippen LogP contribution >= 0.6 is 0 Å². The van der Waals surface area contributed by atoms with Gasteiger partial charge in [0.25, 0.3) is 0 Å². The maximum atomic E-state index is 14.6. The summed E-state index contributed by atoms with van der Waals surface area (Å²) in [6.07, 6.45) is 2.50. The fourth-order valence-corrected chi connectivity index (χ4v) is 8.13. The number of nitrogens with one attached hydrogen (secondary N) is 4. The van der Waals surface area contributed by atoms with E-state index in [-0.39, 0.29) is 37.3 Å². The number of benzene rings is 2. The molecule has 4 fully saturated rings. The molecule has 0 bridgehead atoms. The molecule has 4 heterocycles. The van der Waals surface area contributed by atoms with Crippen LogP contribution in [0.4, 0.5) is 10.5 Å². The molecule has 55 heavy (non-hydrogen) atoms. The minimum absolute atomic E-state index is 0.0474. The zero-order valence-corrected chi connectivity index (χ0v) is 31.6. The van der Waals surface area contributed by atoms with E-state index in [0.717, 1.165) is 5.56 Å². The van der Waals surface area contributed by atoms with Gasteiger partial charge >= 0.3 is 12.0 Å². The van der Waals surface area contributed by atoms with Crippen molar-refractivity contribution in [2.75, 3.05) is 31.6 Å². The molecule has 6 rings (SSSR count). The molecule has 4 N–H and O–H groups in total. The van der Waals surface area contributed by atoms with Crippen molar-refractivity contribution >= 4 is 47.2 Å². The van der Waals surface area contributed by atoms with Crippen molar-refractivity contribution in [2.45, 2.75) is 95.5 Å². The number of hydrogen-bond donors (Lipinski definition) is 4. The summed E-state index contributed by atoms with van der Waals surface area (Å²) < 4.78 is 5.76. The summed E-state index contributed by atoms with van der Waals surface area (Å²) in [5, 5.41) is 11.0. The standard InChI is InChI=1S/C40H51N7O8/c1-24-18-32-38(52)45-17-11-10-16-31(45)35(49)41-26(3)36(50)47-22-25(2)19-33(47)39(53)55-23-30(37(51)46(32)21-24)43-34(48)29(20-27-12-6-4-7-13-27)44-40(54)42-28-14-8-5-9-15-28/h4-9,12-15,24-26,29-33H,10-11,16-23H2,1-3H3,(H,41,49)(H,43,48)(H2,42,44,54). The molecular formula is C40H51N7O8. The molecule has 4 aliphatic heterocycles. The van der Waals surface area contributed by atoms with Crippen molar-refractivity contribution in [3.05, 3.63) is 66.2 Å². The predicted octanol–water partition coefficient (Wildman–Crippen LogP) is 1.82. The van der Waals surface area contributed by atoms with Crippen LogP contribution in [0.3, 0.4) is 0 Å². The van der Waals surface area contributed by atoms with E-state index in [1.54, 1.807) is 49.4 Å². The van der Waals surface area contributed by atoms with Crippen molar-refractivity contribution in [1.29, 1.82) is 0 Å². The number of hydrogen-bond acceptors (Lipinski definition) is 8. The molecule has 294 valence electrons. The smallest absolute Gasteiger partial charge is 0.328 e. The number of piperidine rings is 1. The van der Waals surface area contributed by atoms with Crippen LogP contribution in [0.25, 0.3) is 0 Å². The normalized spacial score (nSPS) is 28.3. The second-order valence-electron chi connectivity index (χ2n) is 15.4. The lowest BCUT2D eigenvalue weighted by atomic mass is 9.98. The first-order valence-electron chi connectivity index (χ1n) is 19.2. The monoisotopic (exact) mass is 757 g/mol. The number of amides is 7. The number of rotatable bonds is 6. The molecule has 2 aromatic carbocycles. The van der Waals surface area contributed by atoms with Gasteiger partial charge in [-0.25, -0.2) is 9.59 Å². The predicted molar refractivity (Wildman–Crippen MR) is 201 cm³/mol. The number of carbonyl (C=O) groups excluding carboxylic acids is 7. The van der Waals surface area contributed by atoms with Crippen molar-refractivity contribution in [3.8, 4) is 0 Å². The van der Waals surface area contributed by atoms with Gasteiger partial charge in [-0.3, -0.25) is 24.0 Å². The molecule has 15 heteroatoms. The number of para-hydroxylation sites is 1. The maximum absolute atomic E-state index is 14.6. The van der Waals surface area contributed by atoms with E-state index in [1.807, 2.05) is 32.0 Å². The fraction of sp³-hybridized carbons (Fsp3) is 0.525. The van der Waals surface area contributed by atoms with Gasteiger partial charge in [-0.15, -0.1) is 0 Å². The Balaban J connectivity index is 1.31. The Morgan fingerprint density at radius 3 is 2.11 bits per heavy atom. The number of anilines is 1. The highest BCUT2D eigenvalue weighted by Crippen LogP contribution is 2.30. The van der Waals surface area contributed by atoms with E-state index < -0.39 is 78.5 Å². The minimum atomic E-state index is -1.44. The molecule has 15 nitrogen and oxygen atoms in total. The number of nitrogens with zero attached hydrogens (tertiary/aromatic N) is 3. The highest BCUT2D eigenvalue weighted by molar-refractivity contribution is 5.98. The number of esters is 1. The summed E-state index contributed by atoms with van der Waals surface area (Å²) in [5.74, 6) is -3.54. The van der Waals surface area contributed by atoms with E-state index in [2.05, 4.69) is 21.3 Å². The molecular weight excluding hydrogens is 706 g/mol. The number of ether oxygens (including phenoxy) is 1. The summed E-state index contributed by atoms with van der Waals surface area (Å²) in [4.78, 5) is 102. The fourth-order valence-electron chi connectivity index (χ4n) is 8.13. The summed E-state index contributed by atoms with van der Waals surface area (Å²) in [6.45, 7) is 5.58. The topological polar surface area (TPSA) is 187 Å². The number of cyclic esters (lactones) is 1. The Hall–Kier alpha value is -5.47. The van der Waals surface area contributed by atoms with Crippen LogP contribution in [0.2, 0.25) is 0 Å². The Labute approximate surface area is 320 Å². The second kappa shape index (κ2) is 17.3. The second-order valence-corrected chi connectivity index (χ2v) is 15.4. The number of fused-ring (bicyclic) bond motifs is 3. The zero-order valence-electron chi connectivity index (χ0n) is 31.6. The molecule has 7 amide bonds. The highest BCUT2D eigenvalue weighted by atomic mass is 16.5. The minimum Gasteiger partial charge on any atom is -0.461 e. The van der Waals surface area contributed by atoms with Gasteiger partial charge in [0, 0.05) is 31.7 Å². The van der Waals surface area contributed by atoms with Gasteiger partial charge in [-0.2, -0.15) is 0 Å². The van der Waals surface area contributed by atoms with Crippen LogP contribution in [0.1, 0.15) is 58.4 Å². The molecule has 0 aliphatic carbocycles. The summed E-state index contributed by atoms with van der Waals surface area (Å²) in [6, 6.07) is 10.8. The van der Waals surface area contributed by atoms with Crippen molar-refractivity contribution in [1.82, 2.24) is 30.7 Å². The van der Waals surface area contributed by atoms with Crippen LogP contribution < -0.4 is 21.3 Å². The van der Waals surface area contributed by atoms with E-state index in [0.29, 0.717) is 44.3 Å². The van der Waals surface area contributed by atoms with Crippen LogP contribution in [0.5, 0.6) is 0 Å². The SMILES string of the molecule is CC1CC2C(=O)OCC(NC(=O)C(Cc3ccccc3)NC(=O)Nc3ccccc3)C(=O)N3CC(C)CC3C(=O)N3CCCCC3C(=O)NC(C)C(=O)N2C1. The van der Waals surface area contributed by atoms with Crippen LogP contribution in [-0.4, -0.2) is 119 Å². The van der Waals surface area contributed by atoms with Gasteiger partial charge < -0.3 is 40.7 Å². The quantitative estimate of drug-likeness (QED) is 0.322. The maximum Gasteiger partial charge on any atom is 0.328 e. The Kier molecular flexibility index (Phi) is 12.4. The molecule has 8 atom stereocenters. The van der Waals surface area contributed by atoms with Gasteiger partial charge in [-0.1, -0.05) is 62.4 Å². The molecule has 0 saturated carbocycles. The average molecular weight is 758 g/mol. The number of urea groups is 1. The Morgan fingerprint density at radius 1 is 0.782 bits per heavy atom. The lowest BCUT2D eigenvalue weighted by Gasteiger charge is -2.39. The summed E-state index contributed by atoms with van der Waals surface area (Å²) >= 11 is 0. The number of carbonyl (C=O) groups is 7. The lowest BCUT2D eigenvalue weighted by Crippen LogP contribution is -2.62. The molecule has 8 unspecified atom stereocenters. The van der Waals surface area contributed by atoms with Crippen LogP contribution in [0, 0.1) is 11.8 Å². The zero-order chi connectivity index (χ0) is 39.2. The molecule has 0 aromatic heterocycles. The largest absolute Gasteiger partial charge is 0.461 e. The third kappa shape index (κ3) is 9.26. The van der Waals surface area contributed by atoms with E-state index in [4.69, 9.17) is 4.74 Å². The third-order valence-corrected chi connectivity index (χ3v) is 10.9. The van der Waals surface area contributed by atoms with Gasteiger partial charge in [0.05, 0.1) is 0 Å². The molecule has 4 aliphatic rings. The molecule has 0 radical (unpaired) electrons. The average Bonchev–Trinajstić information content (AvgIpc) is 3.77. The van der Waals surface area contributed by atoms with E-state index in [9.17, 15) is 33.6 Å². The first kappa shape index (κ1) is 39.2. The van der Waals surface area contributed by atoms with Gasteiger partial charge in [0.1, 0.15) is 42.9 Å². The van der Waals surface area contributed by atoms with Crippen molar-refractivity contribution in [2.24, 2.45) is 11.8 Å². The molecule has 0 spiro atoms. The first-order valence-corrected chi connectivity index (χ1v) is 19.2. The lowest BCUT2D eigenvalue weighted by molar-refractivity contribution is -0.158. The van der Waals surface area contributed by atoms with E-state index in [1.165, 1.54) is 14.7 Å². The Morgan fingerprint density at radius 2 is 1.42 bits per heavy atom. The van der Waals surface area contributed by atoms with E-state index >= 15 is 0 Å². The van der Waals surface area contributed by atoms with Crippen molar-refractivity contribution < 1.29 is 38.3 Å². The van der Waals surface area contributed by atoms with Crippen molar-refractivity contribution in [3.63, 3.8) is 0 Å². The van der Waals surface area contributed by atoms with Crippen LogP contribution in [-0.2, 0) is 39.9 Å². The van der Waals surface area contributed by atoms with Gasteiger partial charge in [-0.05, 0) is 68.6 Å². The van der Waals surface area contributed by atoms with Gasteiger partial charge in [0.15, 0.2) is 0 Å². The van der Waals surface area contributed by atoms with Crippen LogP contribution in [0.15, 0.2) is 60.7 Å².